The number of phenols is 1. The number of ether oxygens (including phenoxy) is 1. The standard InChI is InChI=1S/C15H11FO3/c16-11-4-5-15-14(6-11)10(9-19-15)8-18-13-3-1-2-12(17)7-13/h1-7,9,17H,8H2. The lowest BCUT2D eigenvalue weighted by Gasteiger charge is -2.05. The zero-order chi connectivity index (χ0) is 13.2. The summed E-state index contributed by atoms with van der Waals surface area (Å²) >= 11 is 0. The third-order valence-electron chi connectivity index (χ3n) is 2.83. The normalized spacial score (nSPS) is 10.8. The average molecular weight is 258 g/mol. The molecule has 3 aromatic rings. The van der Waals surface area contributed by atoms with Gasteiger partial charge in [-0.1, -0.05) is 6.07 Å². The highest BCUT2D eigenvalue weighted by Crippen LogP contribution is 2.24. The summed E-state index contributed by atoms with van der Waals surface area (Å²) in [7, 11) is 0. The number of halogens is 1. The van der Waals surface area contributed by atoms with Crippen LogP contribution in [0.1, 0.15) is 5.56 Å². The SMILES string of the molecule is Oc1cccc(OCc2coc3ccc(F)cc23)c1. The molecule has 0 aliphatic rings. The van der Waals surface area contributed by atoms with Gasteiger partial charge in [0.25, 0.3) is 0 Å². The fraction of sp³-hybridized carbons (Fsp3) is 0.0667. The van der Waals surface area contributed by atoms with Crippen molar-refractivity contribution in [2.75, 3.05) is 0 Å². The van der Waals surface area contributed by atoms with E-state index >= 15 is 0 Å². The zero-order valence-electron chi connectivity index (χ0n) is 9.97. The minimum absolute atomic E-state index is 0.139. The first-order valence-corrected chi connectivity index (χ1v) is 5.80. The highest BCUT2D eigenvalue weighted by atomic mass is 19.1. The molecule has 96 valence electrons. The number of fused-ring (bicyclic) bond motifs is 1. The van der Waals surface area contributed by atoms with E-state index in [1.165, 1.54) is 18.2 Å². The van der Waals surface area contributed by atoms with Gasteiger partial charge in [0, 0.05) is 17.0 Å². The van der Waals surface area contributed by atoms with Crippen molar-refractivity contribution in [2.24, 2.45) is 0 Å². The molecule has 3 nitrogen and oxygen atoms in total. The number of phenolic OH excluding ortho intramolecular Hbond substituents is 1. The number of hydrogen-bond donors (Lipinski definition) is 1. The minimum atomic E-state index is -0.312. The quantitative estimate of drug-likeness (QED) is 0.775. The molecule has 0 atom stereocenters. The monoisotopic (exact) mass is 258 g/mol. The molecule has 19 heavy (non-hydrogen) atoms. The van der Waals surface area contributed by atoms with Crippen LogP contribution in [0.4, 0.5) is 4.39 Å². The molecule has 0 amide bonds. The molecule has 0 radical (unpaired) electrons. The molecule has 0 saturated carbocycles. The number of rotatable bonds is 3. The summed E-state index contributed by atoms with van der Waals surface area (Å²) in [5.74, 6) is 0.374. The Morgan fingerprint density at radius 2 is 2.05 bits per heavy atom. The maximum atomic E-state index is 13.2. The van der Waals surface area contributed by atoms with Gasteiger partial charge in [-0.2, -0.15) is 0 Å². The second kappa shape index (κ2) is 4.65. The molecular weight excluding hydrogens is 247 g/mol. The summed E-state index contributed by atoms with van der Waals surface area (Å²) in [6.45, 7) is 0.250. The zero-order valence-corrected chi connectivity index (χ0v) is 9.97. The lowest BCUT2D eigenvalue weighted by Crippen LogP contribution is -1.94. The third-order valence-corrected chi connectivity index (χ3v) is 2.83. The second-order valence-corrected chi connectivity index (χ2v) is 4.19. The average Bonchev–Trinajstić information content (AvgIpc) is 2.79. The number of hydrogen-bond acceptors (Lipinski definition) is 3. The Morgan fingerprint density at radius 1 is 1.16 bits per heavy atom. The first kappa shape index (κ1) is 11.6. The Kier molecular flexibility index (Phi) is 2.83. The van der Waals surface area contributed by atoms with Crippen molar-refractivity contribution in [3.05, 3.63) is 60.1 Å². The van der Waals surface area contributed by atoms with Crippen molar-refractivity contribution in [3.63, 3.8) is 0 Å². The molecule has 0 saturated heterocycles. The van der Waals surface area contributed by atoms with Gasteiger partial charge in [0.1, 0.15) is 29.5 Å². The predicted octanol–water partition coefficient (Wildman–Crippen LogP) is 3.86. The molecule has 0 aliphatic carbocycles. The van der Waals surface area contributed by atoms with Crippen LogP contribution < -0.4 is 4.74 Å². The van der Waals surface area contributed by atoms with Gasteiger partial charge in [-0.15, -0.1) is 0 Å². The molecule has 0 spiro atoms. The van der Waals surface area contributed by atoms with E-state index in [-0.39, 0.29) is 18.2 Å². The van der Waals surface area contributed by atoms with Crippen molar-refractivity contribution in [3.8, 4) is 11.5 Å². The molecule has 0 fully saturated rings. The first-order valence-electron chi connectivity index (χ1n) is 5.80. The number of aromatic hydroxyl groups is 1. The molecule has 4 heteroatoms. The number of benzene rings is 2. The van der Waals surface area contributed by atoms with Crippen molar-refractivity contribution >= 4 is 11.0 Å². The van der Waals surface area contributed by atoms with Crippen LogP contribution in [0, 0.1) is 5.82 Å². The van der Waals surface area contributed by atoms with E-state index in [4.69, 9.17) is 9.15 Å². The van der Waals surface area contributed by atoms with Gasteiger partial charge in [-0.25, -0.2) is 4.39 Å². The van der Waals surface area contributed by atoms with E-state index in [0.29, 0.717) is 16.7 Å². The van der Waals surface area contributed by atoms with Gasteiger partial charge < -0.3 is 14.3 Å². The molecule has 0 bridgehead atoms. The van der Waals surface area contributed by atoms with E-state index < -0.39 is 0 Å². The van der Waals surface area contributed by atoms with E-state index in [1.807, 2.05) is 0 Å². The van der Waals surface area contributed by atoms with Crippen LogP contribution in [0.2, 0.25) is 0 Å². The summed E-state index contributed by atoms with van der Waals surface area (Å²) < 4.78 is 24.1. The molecular formula is C15H11FO3. The van der Waals surface area contributed by atoms with Gasteiger partial charge in [-0.05, 0) is 30.3 Å². The molecule has 0 aliphatic heterocycles. The summed E-state index contributed by atoms with van der Waals surface area (Å²) in [4.78, 5) is 0. The van der Waals surface area contributed by atoms with Gasteiger partial charge in [0.15, 0.2) is 0 Å². The Balaban J connectivity index is 1.84. The molecule has 1 aromatic heterocycles. The van der Waals surface area contributed by atoms with Crippen LogP contribution in [-0.4, -0.2) is 5.11 Å². The fourth-order valence-corrected chi connectivity index (χ4v) is 1.90. The van der Waals surface area contributed by atoms with Crippen molar-refractivity contribution in [2.45, 2.75) is 6.61 Å². The van der Waals surface area contributed by atoms with Crippen LogP contribution in [0.25, 0.3) is 11.0 Å². The Hall–Kier alpha value is -2.49. The number of furan rings is 1. The van der Waals surface area contributed by atoms with E-state index in [1.54, 1.807) is 30.5 Å². The maximum Gasteiger partial charge on any atom is 0.134 e. The highest BCUT2D eigenvalue weighted by Gasteiger charge is 2.07. The summed E-state index contributed by atoms with van der Waals surface area (Å²) in [6.07, 6.45) is 1.55. The van der Waals surface area contributed by atoms with Crippen LogP contribution >= 0.6 is 0 Å². The van der Waals surface area contributed by atoms with Crippen LogP contribution in [0.5, 0.6) is 11.5 Å². The van der Waals surface area contributed by atoms with Crippen molar-refractivity contribution in [1.82, 2.24) is 0 Å². The van der Waals surface area contributed by atoms with Gasteiger partial charge in [0.2, 0.25) is 0 Å². The predicted molar refractivity (Wildman–Crippen MR) is 68.6 cm³/mol. The van der Waals surface area contributed by atoms with E-state index in [9.17, 15) is 9.50 Å². The van der Waals surface area contributed by atoms with Gasteiger partial charge >= 0.3 is 0 Å². The van der Waals surface area contributed by atoms with E-state index in [2.05, 4.69) is 0 Å². The largest absolute Gasteiger partial charge is 0.508 e. The van der Waals surface area contributed by atoms with E-state index in [0.717, 1.165) is 5.56 Å². The lowest BCUT2D eigenvalue weighted by molar-refractivity contribution is 0.304. The maximum absolute atomic E-state index is 13.2. The van der Waals surface area contributed by atoms with Crippen molar-refractivity contribution in [1.29, 1.82) is 0 Å². The van der Waals surface area contributed by atoms with Crippen LogP contribution in [0.3, 0.4) is 0 Å². The Bertz CT molecular complexity index is 718. The highest BCUT2D eigenvalue weighted by molar-refractivity contribution is 5.80. The lowest BCUT2D eigenvalue weighted by atomic mass is 10.2. The second-order valence-electron chi connectivity index (χ2n) is 4.19. The molecule has 0 unspecified atom stereocenters. The van der Waals surface area contributed by atoms with Gasteiger partial charge in [0.05, 0.1) is 6.26 Å². The first-order chi connectivity index (χ1) is 9.22. The summed E-state index contributed by atoms with van der Waals surface area (Å²) in [5.41, 5.74) is 1.38. The topological polar surface area (TPSA) is 42.6 Å². The van der Waals surface area contributed by atoms with Crippen LogP contribution in [-0.2, 0) is 6.61 Å². The van der Waals surface area contributed by atoms with Crippen LogP contribution in [0.15, 0.2) is 53.1 Å². The summed E-state index contributed by atoms with van der Waals surface area (Å²) in [5, 5.41) is 10.0. The molecule has 1 N–H and O–H groups in total. The smallest absolute Gasteiger partial charge is 0.134 e. The molecule has 1 heterocycles. The minimum Gasteiger partial charge on any atom is -0.508 e. The molecule has 2 aromatic carbocycles. The van der Waals surface area contributed by atoms with Crippen molar-refractivity contribution < 1.29 is 18.7 Å². The van der Waals surface area contributed by atoms with Gasteiger partial charge in [-0.3, -0.25) is 0 Å². The Morgan fingerprint density at radius 3 is 2.89 bits per heavy atom. The molecule has 3 rings (SSSR count). The summed E-state index contributed by atoms with van der Waals surface area (Å²) in [6, 6.07) is 10.9. The fourth-order valence-electron chi connectivity index (χ4n) is 1.90. The third kappa shape index (κ3) is 2.38. The Labute approximate surface area is 108 Å².